The summed E-state index contributed by atoms with van der Waals surface area (Å²) >= 11 is 0. The number of carbonyl (C=O) groups excluding carboxylic acids is 1. The van der Waals surface area contributed by atoms with Crippen LogP contribution in [-0.2, 0) is 0 Å². The second-order valence-electron chi connectivity index (χ2n) is 6.13. The number of hydrogen-bond donors (Lipinski definition) is 2. The molecule has 23 heavy (non-hydrogen) atoms. The molecule has 0 radical (unpaired) electrons. The van der Waals surface area contributed by atoms with E-state index in [4.69, 9.17) is 0 Å². The molecule has 0 spiro atoms. The number of amides is 1. The predicted molar refractivity (Wildman–Crippen MR) is 88.3 cm³/mol. The minimum Gasteiger partial charge on any atom is -0.331 e. The van der Waals surface area contributed by atoms with Crippen LogP contribution in [0.25, 0.3) is 11.0 Å². The molecule has 0 bridgehead atoms. The SMILES string of the molecule is C[C@@H]1CN(C(=O)c2ccc3[nH]c(=O)[nH]c3c2)[C@H]1c1ccccc1. The zero-order chi connectivity index (χ0) is 16.0. The van der Waals surface area contributed by atoms with Crippen molar-refractivity contribution in [2.24, 2.45) is 5.92 Å². The van der Waals surface area contributed by atoms with E-state index in [1.54, 1.807) is 18.2 Å². The van der Waals surface area contributed by atoms with Crippen LogP contribution in [0.2, 0.25) is 0 Å². The van der Waals surface area contributed by atoms with Crippen LogP contribution in [0.4, 0.5) is 0 Å². The number of rotatable bonds is 2. The van der Waals surface area contributed by atoms with Crippen LogP contribution >= 0.6 is 0 Å². The van der Waals surface area contributed by atoms with E-state index < -0.39 is 0 Å². The van der Waals surface area contributed by atoms with Crippen molar-refractivity contribution >= 4 is 16.9 Å². The van der Waals surface area contributed by atoms with Gasteiger partial charge in [-0.05, 0) is 29.7 Å². The van der Waals surface area contributed by atoms with Crippen LogP contribution in [0.15, 0.2) is 53.3 Å². The van der Waals surface area contributed by atoms with E-state index in [0.29, 0.717) is 22.5 Å². The fourth-order valence-corrected chi connectivity index (χ4v) is 3.39. The minimum atomic E-state index is -0.260. The summed E-state index contributed by atoms with van der Waals surface area (Å²) in [6.45, 7) is 2.91. The zero-order valence-corrected chi connectivity index (χ0v) is 12.7. The Kier molecular flexibility index (Phi) is 3.08. The number of imidazole rings is 1. The molecule has 3 aromatic rings. The molecule has 1 fully saturated rings. The molecular formula is C18H17N3O2. The van der Waals surface area contributed by atoms with Gasteiger partial charge in [0, 0.05) is 12.1 Å². The van der Waals surface area contributed by atoms with Crippen LogP contribution < -0.4 is 5.69 Å². The van der Waals surface area contributed by atoms with Gasteiger partial charge in [-0.1, -0.05) is 37.3 Å². The van der Waals surface area contributed by atoms with Crippen molar-refractivity contribution in [3.05, 3.63) is 70.1 Å². The maximum Gasteiger partial charge on any atom is 0.323 e. The Morgan fingerprint density at radius 3 is 2.57 bits per heavy atom. The first-order valence-electron chi connectivity index (χ1n) is 7.71. The topological polar surface area (TPSA) is 69.0 Å². The average molecular weight is 307 g/mol. The van der Waals surface area contributed by atoms with Crippen LogP contribution in [0, 0.1) is 5.92 Å². The van der Waals surface area contributed by atoms with Crippen molar-refractivity contribution in [2.45, 2.75) is 13.0 Å². The molecular weight excluding hydrogens is 290 g/mol. The van der Waals surface area contributed by atoms with Gasteiger partial charge in [0.2, 0.25) is 0 Å². The van der Waals surface area contributed by atoms with Gasteiger partial charge in [-0.2, -0.15) is 0 Å². The lowest BCUT2D eigenvalue weighted by Crippen LogP contribution is -2.51. The summed E-state index contributed by atoms with van der Waals surface area (Å²) in [5, 5.41) is 0. The quantitative estimate of drug-likeness (QED) is 0.764. The summed E-state index contributed by atoms with van der Waals surface area (Å²) < 4.78 is 0. The fourth-order valence-electron chi connectivity index (χ4n) is 3.39. The number of aromatic amines is 2. The van der Waals surface area contributed by atoms with E-state index in [9.17, 15) is 9.59 Å². The van der Waals surface area contributed by atoms with Gasteiger partial charge in [0.15, 0.2) is 0 Å². The third kappa shape index (κ3) is 2.25. The number of hydrogen-bond acceptors (Lipinski definition) is 2. The van der Waals surface area contributed by atoms with E-state index >= 15 is 0 Å². The fraction of sp³-hybridized carbons (Fsp3) is 0.222. The zero-order valence-electron chi connectivity index (χ0n) is 12.7. The normalized spacial score (nSPS) is 20.5. The summed E-state index contributed by atoms with van der Waals surface area (Å²) in [6, 6.07) is 15.5. The molecule has 4 rings (SSSR count). The Hall–Kier alpha value is -2.82. The first-order chi connectivity index (χ1) is 11.1. The number of benzene rings is 2. The molecule has 0 saturated carbocycles. The van der Waals surface area contributed by atoms with Crippen LogP contribution in [0.5, 0.6) is 0 Å². The van der Waals surface area contributed by atoms with Crippen LogP contribution in [0.1, 0.15) is 28.9 Å². The first-order valence-corrected chi connectivity index (χ1v) is 7.71. The van der Waals surface area contributed by atoms with Crippen LogP contribution in [0.3, 0.4) is 0 Å². The molecule has 2 aromatic carbocycles. The molecule has 5 heteroatoms. The van der Waals surface area contributed by atoms with Gasteiger partial charge in [0.05, 0.1) is 17.1 Å². The van der Waals surface area contributed by atoms with E-state index in [1.165, 1.54) is 0 Å². The van der Waals surface area contributed by atoms with Crippen molar-refractivity contribution in [1.82, 2.24) is 14.9 Å². The molecule has 1 aromatic heterocycles. The maximum atomic E-state index is 12.8. The Morgan fingerprint density at radius 1 is 1.09 bits per heavy atom. The largest absolute Gasteiger partial charge is 0.331 e. The molecule has 2 atom stereocenters. The van der Waals surface area contributed by atoms with Gasteiger partial charge in [0.1, 0.15) is 0 Å². The predicted octanol–water partition coefficient (Wildman–Crippen LogP) is 2.69. The van der Waals surface area contributed by atoms with Crippen molar-refractivity contribution in [3.8, 4) is 0 Å². The first kappa shape index (κ1) is 13.8. The maximum absolute atomic E-state index is 12.8. The van der Waals surface area contributed by atoms with Crippen LogP contribution in [-0.4, -0.2) is 27.3 Å². The molecule has 0 aliphatic carbocycles. The molecule has 0 unspecified atom stereocenters. The second kappa shape index (κ2) is 5.12. The smallest absolute Gasteiger partial charge is 0.323 e. The minimum absolute atomic E-state index is 0.000835. The van der Waals surface area contributed by atoms with Gasteiger partial charge < -0.3 is 14.9 Å². The molecule has 116 valence electrons. The highest BCUT2D eigenvalue weighted by Crippen LogP contribution is 2.39. The standard InChI is InChI=1S/C18H17N3O2/c1-11-10-21(16(11)12-5-3-2-4-6-12)17(22)13-7-8-14-15(9-13)20-18(23)19-14/h2-9,11,16H,10H2,1H3,(H2,19,20,23)/t11-,16-/m1/s1. The van der Waals surface area contributed by atoms with Crippen molar-refractivity contribution in [2.75, 3.05) is 6.54 Å². The number of nitrogens with zero attached hydrogens (tertiary/aromatic N) is 1. The number of aromatic nitrogens is 2. The van der Waals surface area contributed by atoms with E-state index in [2.05, 4.69) is 29.0 Å². The monoisotopic (exact) mass is 307 g/mol. The number of H-pyrrole nitrogens is 2. The molecule has 1 aliphatic heterocycles. The summed E-state index contributed by atoms with van der Waals surface area (Å²) in [5.41, 5.74) is 2.87. The van der Waals surface area contributed by atoms with Gasteiger partial charge in [-0.25, -0.2) is 4.79 Å². The van der Waals surface area contributed by atoms with Crippen molar-refractivity contribution in [3.63, 3.8) is 0 Å². The number of fused-ring (bicyclic) bond motifs is 1. The summed E-state index contributed by atoms with van der Waals surface area (Å²) in [4.78, 5) is 31.5. The Bertz CT molecular complexity index is 926. The highest BCUT2D eigenvalue weighted by molar-refractivity contribution is 5.98. The van der Waals surface area contributed by atoms with Gasteiger partial charge >= 0.3 is 5.69 Å². The summed E-state index contributed by atoms with van der Waals surface area (Å²) in [7, 11) is 0. The van der Waals surface area contributed by atoms with E-state index in [-0.39, 0.29) is 17.6 Å². The Morgan fingerprint density at radius 2 is 1.83 bits per heavy atom. The Labute approximate surface area is 133 Å². The molecule has 1 saturated heterocycles. The lowest BCUT2D eigenvalue weighted by Gasteiger charge is -2.47. The molecule has 1 amide bonds. The number of nitrogens with one attached hydrogen (secondary N) is 2. The number of carbonyl (C=O) groups is 1. The van der Waals surface area contributed by atoms with Gasteiger partial charge in [-0.3, -0.25) is 4.79 Å². The summed E-state index contributed by atoms with van der Waals surface area (Å²) in [5.74, 6) is 0.443. The average Bonchev–Trinajstić information content (AvgIpc) is 2.92. The third-order valence-corrected chi connectivity index (χ3v) is 4.52. The molecule has 2 N–H and O–H groups in total. The second-order valence-corrected chi connectivity index (χ2v) is 6.13. The highest BCUT2D eigenvalue weighted by Gasteiger charge is 2.40. The number of likely N-dealkylation sites (tertiary alicyclic amines) is 1. The molecule has 1 aliphatic rings. The summed E-state index contributed by atoms with van der Waals surface area (Å²) in [6.07, 6.45) is 0. The third-order valence-electron chi connectivity index (χ3n) is 4.52. The lowest BCUT2D eigenvalue weighted by molar-refractivity contribution is 0.0198. The Balaban J connectivity index is 1.66. The van der Waals surface area contributed by atoms with Gasteiger partial charge in [0.25, 0.3) is 5.91 Å². The molecule has 5 nitrogen and oxygen atoms in total. The molecule has 2 heterocycles. The van der Waals surface area contributed by atoms with Gasteiger partial charge in [-0.15, -0.1) is 0 Å². The van der Waals surface area contributed by atoms with Crippen molar-refractivity contribution in [1.29, 1.82) is 0 Å². The van der Waals surface area contributed by atoms with Crippen molar-refractivity contribution < 1.29 is 4.79 Å². The van der Waals surface area contributed by atoms with E-state index in [0.717, 1.165) is 12.1 Å². The highest BCUT2D eigenvalue weighted by atomic mass is 16.2. The lowest BCUT2D eigenvalue weighted by atomic mass is 9.84. The van der Waals surface area contributed by atoms with E-state index in [1.807, 2.05) is 23.1 Å².